The van der Waals surface area contributed by atoms with Gasteiger partial charge < -0.3 is 10.2 Å². The molecule has 0 aromatic carbocycles. The maximum Gasteiger partial charge on any atom is 0.140 e. The number of carbonyl (C=O) groups is 1. The Morgan fingerprint density at radius 2 is 1.35 bits per heavy atom. The Morgan fingerprint density at radius 3 is 1.80 bits per heavy atom. The maximum atomic E-state index is 12.5. The predicted octanol–water partition coefficient (Wildman–Crippen LogP) is 3.86. The Bertz CT molecular complexity index is 1150. The molecule has 2 N–H and O–H groups in total. The van der Waals surface area contributed by atoms with Crippen molar-refractivity contribution in [1.82, 2.24) is 0 Å². The standard InChI is InChI=1S/C17H34O3/c1-2-3-4-5-6-7-8-9-10-11-12-13-17(20)16(14-18)15-19/h16,18-19H,2-15H2,1H3/i1D3,2D2,3D2,4D2,5D2,6D2,7D2,8D2,9D2,10D2,11D2,12D2,13D2. The molecule has 120 valence electrons. The summed E-state index contributed by atoms with van der Waals surface area (Å²) in [5.41, 5.74) is 0. The van der Waals surface area contributed by atoms with Gasteiger partial charge in [-0.2, -0.15) is 0 Å². The first kappa shape index (κ1) is 3.26. The molecule has 0 radical (unpaired) electrons. The van der Waals surface area contributed by atoms with Gasteiger partial charge in [0, 0.05) is 43.4 Å². The molecular weight excluding hydrogens is 252 g/mol. The molecular formula is C17H34O3. The van der Waals surface area contributed by atoms with Crippen LogP contribution in [0, 0.1) is 5.92 Å². The number of aliphatic hydroxyl groups excluding tert-OH is 2. The topological polar surface area (TPSA) is 57.5 Å². The minimum absolute atomic E-state index is 1.33. The van der Waals surface area contributed by atoms with Gasteiger partial charge in [-0.25, -0.2) is 0 Å². The van der Waals surface area contributed by atoms with E-state index in [4.69, 9.17) is 37.0 Å². The van der Waals surface area contributed by atoms with Gasteiger partial charge in [-0.15, -0.1) is 0 Å². The van der Waals surface area contributed by atoms with Crippen LogP contribution in [-0.4, -0.2) is 29.2 Å². The third kappa shape index (κ3) is 11.4. The zero-order valence-electron chi connectivity index (χ0n) is 37.3. The van der Waals surface area contributed by atoms with E-state index in [-0.39, 0.29) is 0 Å². The highest BCUT2D eigenvalue weighted by Crippen LogP contribution is 2.13. The number of rotatable bonds is 15. The average molecular weight is 314 g/mol. The van der Waals surface area contributed by atoms with Crippen LogP contribution >= 0.6 is 0 Å². The van der Waals surface area contributed by atoms with Crippen molar-refractivity contribution in [2.75, 3.05) is 13.2 Å². The summed E-state index contributed by atoms with van der Waals surface area (Å²) in [6, 6.07) is 0. The van der Waals surface area contributed by atoms with Crippen LogP contribution in [0.2, 0.25) is 0 Å². The van der Waals surface area contributed by atoms with E-state index in [0.29, 0.717) is 0 Å². The van der Waals surface area contributed by atoms with Crippen LogP contribution in [0.3, 0.4) is 0 Å². The number of hydrogen-bond donors (Lipinski definition) is 2. The molecule has 0 aromatic rings. The molecule has 0 spiro atoms. The highest BCUT2D eigenvalue weighted by molar-refractivity contribution is 5.81. The van der Waals surface area contributed by atoms with Crippen LogP contribution < -0.4 is 0 Å². The second kappa shape index (κ2) is 15.0. The first-order chi connectivity index (χ1) is 19.9. The van der Waals surface area contributed by atoms with Crippen LogP contribution in [0.1, 0.15) is 120 Å². The summed E-state index contributed by atoms with van der Waals surface area (Å²) in [6.45, 7) is -6.74. The normalized spacial score (nSPS) is 40.5. The summed E-state index contributed by atoms with van der Waals surface area (Å²) in [4.78, 5) is 12.5. The fourth-order valence-electron chi connectivity index (χ4n) is 0.700. The van der Waals surface area contributed by atoms with E-state index in [2.05, 4.69) is 0 Å². The van der Waals surface area contributed by atoms with Crippen molar-refractivity contribution < 1.29 is 52.0 Å². The summed E-state index contributed by atoms with van der Waals surface area (Å²) in [5.74, 6) is -4.19. The van der Waals surface area contributed by atoms with E-state index in [1.54, 1.807) is 0 Å². The molecule has 0 aromatic heterocycles. The smallest absolute Gasteiger partial charge is 0.140 e. The molecule has 0 rings (SSSR count). The Hall–Kier alpha value is -0.410. The van der Waals surface area contributed by atoms with Gasteiger partial charge in [-0.05, 0) is 6.37 Å². The molecule has 0 heterocycles. The quantitative estimate of drug-likeness (QED) is 0.483. The number of ketones is 1. The third-order valence-electron chi connectivity index (χ3n) is 1.62. The Kier molecular flexibility index (Phi) is 2.44. The van der Waals surface area contributed by atoms with Gasteiger partial charge in [0.1, 0.15) is 5.78 Å². The molecule has 0 aliphatic carbocycles. The van der Waals surface area contributed by atoms with Gasteiger partial charge in [0.05, 0.1) is 19.1 Å². The molecule has 0 aliphatic heterocycles. The van der Waals surface area contributed by atoms with E-state index in [9.17, 15) is 15.0 Å². The van der Waals surface area contributed by atoms with Crippen molar-refractivity contribution in [3.05, 3.63) is 0 Å². The number of carbonyl (C=O) groups excluding carboxylic acids is 1. The second-order valence-corrected chi connectivity index (χ2v) is 2.93. The minimum atomic E-state index is -5.01. The van der Waals surface area contributed by atoms with Crippen molar-refractivity contribution in [2.45, 2.75) is 83.3 Å². The highest BCUT2D eigenvalue weighted by Gasteiger charge is 2.15. The molecule has 3 nitrogen and oxygen atoms in total. The number of Topliss-reactive ketones (excluding diaryl/α,β-unsaturated/α-hetero) is 1. The maximum absolute atomic E-state index is 12.5. The van der Waals surface area contributed by atoms with Gasteiger partial charge in [0.15, 0.2) is 0 Å². The number of hydrogen-bond acceptors (Lipinski definition) is 3. The van der Waals surface area contributed by atoms with Crippen LogP contribution in [-0.2, 0) is 4.79 Å². The summed E-state index contributed by atoms with van der Waals surface area (Å²) >= 11 is 0. The fourth-order valence-corrected chi connectivity index (χ4v) is 0.700. The Labute approximate surface area is 162 Å². The SMILES string of the molecule is [2H]C([2H])([2H])C([2H])([2H])C([2H])([2H])C([2H])([2H])C([2H])([2H])C([2H])([2H])C([2H])([2H])C([2H])([2H])C([2H])([2H])C([2H])([2H])C([2H])([2H])C([2H])([2H])C([2H])([2H])C(=O)C(CO)CO. The van der Waals surface area contributed by atoms with Crippen molar-refractivity contribution in [3.8, 4) is 0 Å². The van der Waals surface area contributed by atoms with E-state index in [1.807, 2.05) is 0 Å². The van der Waals surface area contributed by atoms with Crippen LogP contribution in [0.4, 0.5) is 0 Å². The molecule has 0 saturated heterocycles. The number of aliphatic hydroxyl groups is 2. The molecule has 0 bridgehead atoms. The van der Waals surface area contributed by atoms with E-state index >= 15 is 0 Å². The van der Waals surface area contributed by atoms with Gasteiger partial charge in [0.2, 0.25) is 0 Å². The zero-order chi connectivity index (χ0) is 39.1. The van der Waals surface area contributed by atoms with Gasteiger partial charge in [-0.1, -0.05) is 70.6 Å². The third-order valence-corrected chi connectivity index (χ3v) is 1.62. The molecule has 0 fully saturated rings. The summed E-state index contributed by atoms with van der Waals surface area (Å²) < 4.78 is 213. The highest BCUT2D eigenvalue weighted by atomic mass is 16.3. The Balaban J connectivity index is 7.51. The summed E-state index contributed by atoms with van der Waals surface area (Å²) in [7, 11) is 0. The predicted molar refractivity (Wildman–Crippen MR) is 83.7 cm³/mol. The molecule has 0 aliphatic rings. The first-order valence-corrected chi connectivity index (χ1v) is 5.19. The summed E-state index contributed by atoms with van der Waals surface area (Å²) in [5, 5.41) is 18.4. The van der Waals surface area contributed by atoms with E-state index < -0.39 is 108 Å². The monoisotopic (exact) mass is 313 g/mol. The average Bonchev–Trinajstić information content (AvgIpc) is 2.87. The molecule has 0 atom stereocenters. The van der Waals surface area contributed by atoms with Gasteiger partial charge in [0.25, 0.3) is 0 Å². The van der Waals surface area contributed by atoms with Crippen molar-refractivity contribution in [1.29, 1.82) is 0 Å². The van der Waals surface area contributed by atoms with Gasteiger partial charge in [-0.3, -0.25) is 4.79 Å². The fraction of sp³-hybridized carbons (Fsp3) is 0.941. The first-order valence-electron chi connectivity index (χ1n) is 18.7. The molecule has 0 saturated carbocycles. The van der Waals surface area contributed by atoms with Gasteiger partial charge >= 0.3 is 0 Å². The largest absolute Gasteiger partial charge is 0.396 e. The Morgan fingerprint density at radius 1 is 0.900 bits per heavy atom. The molecule has 0 unspecified atom stereocenters. The molecule has 3 heteroatoms. The van der Waals surface area contributed by atoms with E-state index in [1.165, 1.54) is 0 Å². The zero-order valence-corrected chi connectivity index (χ0v) is 10.3. The lowest BCUT2D eigenvalue weighted by molar-refractivity contribution is -0.125. The molecule has 0 amide bonds. The van der Waals surface area contributed by atoms with Crippen LogP contribution in [0.5, 0.6) is 0 Å². The van der Waals surface area contributed by atoms with Crippen molar-refractivity contribution >= 4 is 5.78 Å². The second-order valence-electron chi connectivity index (χ2n) is 2.93. The van der Waals surface area contributed by atoms with Crippen LogP contribution in [0.25, 0.3) is 0 Å². The molecule has 20 heavy (non-hydrogen) atoms. The lowest BCUT2D eigenvalue weighted by Crippen LogP contribution is -2.21. The minimum Gasteiger partial charge on any atom is -0.396 e. The lowest BCUT2D eigenvalue weighted by Gasteiger charge is -2.09. The van der Waals surface area contributed by atoms with Crippen LogP contribution in [0.15, 0.2) is 0 Å². The lowest BCUT2D eigenvalue weighted by atomic mass is 9.99. The summed E-state index contributed by atoms with van der Waals surface area (Å²) in [6.07, 6.45) is -57.1. The van der Waals surface area contributed by atoms with Crippen molar-refractivity contribution in [2.24, 2.45) is 5.92 Å². The van der Waals surface area contributed by atoms with E-state index in [0.717, 1.165) is 0 Å². The van der Waals surface area contributed by atoms with Crippen molar-refractivity contribution in [3.63, 3.8) is 0 Å².